The minimum Gasteiger partial charge on any atom is -0.496 e. The number of hydrogen-bond acceptors (Lipinski definition) is 6. The van der Waals surface area contributed by atoms with E-state index in [-0.39, 0.29) is 11.6 Å². The van der Waals surface area contributed by atoms with Crippen molar-refractivity contribution in [2.45, 2.75) is 0 Å². The Bertz CT molecular complexity index is 1240. The maximum Gasteiger partial charge on any atom is 0.211 e. The number of carbonyl (C=O) groups is 2. The molecule has 5 rings (SSSR count). The summed E-state index contributed by atoms with van der Waals surface area (Å²) in [5.41, 5.74) is 5.10. The van der Waals surface area contributed by atoms with Gasteiger partial charge in [0.05, 0.1) is 25.6 Å². The molecule has 0 fully saturated rings. The first-order valence-corrected chi connectivity index (χ1v) is 10.1. The molecule has 0 unspecified atom stereocenters. The highest BCUT2D eigenvalue weighted by atomic mass is 16.5. The van der Waals surface area contributed by atoms with Gasteiger partial charge in [-0.1, -0.05) is 24.3 Å². The van der Waals surface area contributed by atoms with Gasteiger partial charge in [-0.2, -0.15) is 0 Å². The van der Waals surface area contributed by atoms with Crippen LogP contribution in [0.4, 0.5) is 11.4 Å². The highest BCUT2D eigenvalue weighted by molar-refractivity contribution is 6.21. The van der Waals surface area contributed by atoms with Crippen LogP contribution >= 0.6 is 0 Å². The summed E-state index contributed by atoms with van der Waals surface area (Å²) in [6, 6.07) is 18.3. The van der Waals surface area contributed by atoms with Crippen LogP contribution in [0.15, 0.2) is 72.1 Å². The first kappa shape index (κ1) is 19.6. The van der Waals surface area contributed by atoms with Crippen molar-refractivity contribution < 1.29 is 19.1 Å². The number of ketones is 2. The summed E-state index contributed by atoms with van der Waals surface area (Å²) >= 11 is 0. The molecule has 0 atom stereocenters. The molecular weight excluding hydrogens is 404 g/mol. The van der Waals surface area contributed by atoms with E-state index in [1.165, 1.54) is 0 Å². The molecule has 2 heterocycles. The lowest BCUT2D eigenvalue weighted by Gasteiger charge is -2.12. The summed E-state index contributed by atoms with van der Waals surface area (Å²) in [6.07, 6.45) is 3.50. The molecule has 0 saturated heterocycles. The van der Waals surface area contributed by atoms with E-state index < -0.39 is 0 Å². The molecule has 0 aliphatic carbocycles. The fourth-order valence-electron chi connectivity index (χ4n) is 3.96. The number of carbonyl (C=O) groups excluding carboxylic acids is 2. The molecule has 3 aromatic rings. The quantitative estimate of drug-likeness (QED) is 0.574. The van der Waals surface area contributed by atoms with Crippen LogP contribution in [0.25, 0.3) is 12.2 Å². The molecule has 2 aliphatic heterocycles. The van der Waals surface area contributed by atoms with Crippen molar-refractivity contribution in [1.29, 1.82) is 0 Å². The predicted molar refractivity (Wildman–Crippen MR) is 124 cm³/mol. The Morgan fingerprint density at radius 2 is 1.09 bits per heavy atom. The third-order valence-electron chi connectivity index (χ3n) is 5.55. The average molecular weight is 424 g/mol. The molecule has 0 spiro atoms. The molecule has 32 heavy (non-hydrogen) atoms. The first-order chi connectivity index (χ1) is 15.6. The van der Waals surface area contributed by atoms with Gasteiger partial charge in [-0.15, -0.1) is 0 Å². The van der Waals surface area contributed by atoms with Gasteiger partial charge in [0.1, 0.15) is 11.5 Å². The van der Waals surface area contributed by atoms with Crippen molar-refractivity contribution in [2.75, 3.05) is 24.9 Å². The standard InChI is InChI=1S/C26H20N2O4/c1-31-23-14-24(32-2)16(13-22-26(30)18-8-4-6-10-20(18)28-22)11-15(23)12-21-25(29)17-7-3-5-9-19(17)27-21/h3-14,27-28H,1-2H3. The molecular formula is C26H20N2O4. The number of para-hydroxylation sites is 2. The van der Waals surface area contributed by atoms with Gasteiger partial charge in [-0.3, -0.25) is 9.59 Å². The minimum absolute atomic E-state index is 0.0820. The van der Waals surface area contributed by atoms with Gasteiger partial charge in [-0.05, 0) is 42.5 Å². The zero-order valence-electron chi connectivity index (χ0n) is 17.6. The fourth-order valence-corrected chi connectivity index (χ4v) is 3.96. The summed E-state index contributed by atoms with van der Waals surface area (Å²) in [6.45, 7) is 0. The average Bonchev–Trinajstić information content (AvgIpc) is 3.31. The van der Waals surface area contributed by atoms with Crippen LogP contribution in [0.5, 0.6) is 11.5 Å². The second kappa shape index (κ2) is 7.74. The lowest BCUT2D eigenvalue weighted by atomic mass is 10.0. The second-order valence-electron chi connectivity index (χ2n) is 7.45. The highest BCUT2D eigenvalue weighted by Gasteiger charge is 2.26. The van der Waals surface area contributed by atoms with Crippen LogP contribution in [0.3, 0.4) is 0 Å². The van der Waals surface area contributed by atoms with Gasteiger partial charge < -0.3 is 20.1 Å². The SMILES string of the molecule is COc1cc(OC)c(C=C2Nc3ccccc3C2=O)cc1C=C1Nc2ccccc2C1=O. The molecule has 0 aromatic heterocycles. The van der Waals surface area contributed by atoms with Crippen LogP contribution in [0.2, 0.25) is 0 Å². The van der Waals surface area contributed by atoms with E-state index in [0.29, 0.717) is 45.1 Å². The first-order valence-electron chi connectivity index (χ1n) is 10.1. The molecule has 0 radical (unpaired) electrons. The van der Waals surface area contributed by atoms with E-state index in [1.54, 1.807) is 44.6 Å². The zero-order chi connectivity index (χ0) is 22.2. The monoisotopic (exact) mass is 424 g/mol. The van der Waals surface area contributed by atoms with E-state index in [0.717, 1.165) is 11.4 Å². The Morgan fingerprint density at radius 1 is 0.656 bits per heavy atom. The van der Waals surface area contributed by atoms with Crippen LogP contribution in [-0.2, 0) is 0 Å². The number of nitrogens with one attached hydrogen (secondary N) is 2. The number of benzene rings is 3. The molecule has 3 aromatic carbocycles. The van der Waals surface area contributed by atoms with Crippen molar-refractivity contribution in [3.63, 3.8) is 0 Å². The normalized spacial score (nSPS) is 16.6. The predicted octanol–water partition coefficient (Wildman–Crippen LogP) is 5.00. The number of anilines is 2. The van der Waals surface area contributed by atoms with Crippen LogP contribution < -0.4 is 20.1 Å². The van der Waals surface area contributed by atoms with Crippen LogP contribution in [0, 0.1) is 0 Å². The lowest BCUT2D eigenvalue weighted by molar-refractivity contribution is 0.103. The number of allylic oxidation sites excluding steroid dienone is 2. The number of hydrogen-bond donors (Lipinski definition) is 2. The Labute approximate surface area is 185 Å². The number of ether oxygens (including phenoxy) is 2. The maximum atomic E-state index is 12.8. The van der Waals surface area contributed by atoms with Gasteiger partial charge in [-0.25, -0.2) is 0 Å². The Kier molecular flexibility index (Phi) is 4.75. The van der Waals surface area contributed by atoms with E-state index in [4.69, 9.17) is 9.47 Å². The fraction of sp³-hybridized carbons (Fsp3) is 0.0769. The van der Waals surface area contributed by atoms with Gasteiger partial charge in [0.15, 0.2) is 0 Å². The van der Waals surface area contributed by atoms with Gasteiger partial charge >= 0.3 is 0 Å². The summed E-state index contributed by atoms with van der Waals surface area (Å²) < 4.78 is 11.1. The summed E-state index contributed by atoms with van der Waals surface area (Å²) in [7, 11) is 3.12. The summed E-state index contributed by atoms with van der Waals surface area (Å²) in [5.74, 6) is 0.940. The van der Waals surface area contributed by atoms with Crippen molar-refractivity contribution >= 4 is 35.1 Å². The summed E-state index contributed by atoms with van der Waals surface area (Å²) in [4.78, 5) is 25.6. The number of Topliss-reactive ketones (excluding diaryl/α,β-unsaturated/α-hetero) is 2. The van der Waals surface area contributed by atoms with E-state index in [1.807, 2.05) is 42.5 Å². The van der Waals surface area contributed by atoms with Crippen LogP contribution in [-0.4, -0.2) is 25.8 Å². The molecule has 0 saturated carbocycles. The van der Waals surface area contributed by atoms with Crippen molar-refractivity contribution in [1.82, 2.24) is 0 Å². The van der Waals surface area contributed by atoms with Gasteiger partial charge in [0, 0.05) is 39.7 Å². The molecule has 6 heteroatoms. The van der Waals surface area contributed by atoms with Gasteiger partial charge in [0.25, 0.3) is 0 Å². The van der Waals surface area contributed by atoms with Gasteiger partial charge in [0.2, 0.25) is 11.6 Å². The smallest absolute Gasteiger partial charge is 0.211 e. The number of fused-ring (bicyclic) bond motifs is 2. The Morgan fingerprint density at radius 3 is 1.50 bits per heavy atom. The van der Waals surface area contributed by atoms with Crippen molar-refractivity contribution in [3.05, 3.63) is 94.3 Å². The molecule has 0 amide bonds. The zero-order valence-corrected chi connectivity index (χ0v) is 17.6. The second-order valence-corrected chi connectivity index (χ2v) is 7.45. The summed E-state index contributed by atoms with van der Waals surface area (Å²) in [5, 5.41) is 6.33. The van der Waals surface area contributed by atoms with Crippen molar-refractivity contribution in [2.24, 2.45) is 0 Å². The third kappa shape index (κ3) is 3.22. The van der Waals surface area contributed by atoms with E-state index in [2.05, 4.69) is 10.6 Å². The van der Waals surface area contributed by atoms with E-state index >= 15 is 0 Å². The molecule has 2 N–H and O–H groups in total. The largest absolute Gasteiger partial charge is 0.496 e. The molecule has 2 aliphatic rings. The highest BCUT2D eigenvalue weighted by Crippen LogP contribution is 2.36. The molecule has 6 nitrogen and oxygen atoms in total. The Balaban J connectivity index is 1.57. The van der Waals surface area contributed by atoms with Crippen LogP contribution in [0.1, 0.15) is 31.8 Å². The molecule has 0 bridgehead atoms. The number of rotatable bonds is 4. The maximum absolute atomic E-state index is 12.8. The Hall–Kier alpha value is -4.32. The van der Waals surface area contributed by atoms with E-state index in [9.17, 15) is 9.59 Å². The minimum atomic E-state index is -0.0820. The topological polar surface area (TPSA) is 76.7 Å². The van der Waals surface area contributed by atoms with Crippen molar-refractivity contribution in [3.8, 4) is 11.5 Å². The lowest BCUT2D eigenvalue weighted by Crippen LogP contribution is -2.02. The third-order valence-corrected chi connectivity index (χ3v) is 5.55. The number of methoxy groups -OCH3 is 2. The molecule has 158 valence electrons.